The van der Waals surface area contributed by atoms with Crippen LogP contribution in [-0.2, 0) is 0 Å². The van der Waals surface area contributed by atoms with Gasteiger partial charge in [-0.1, -0.05) is 12.1 Å². The molecule has 0 spiro atoms. The van der Waals surface area contributed by atoms with Gasteiger partial charge in [0.2, 0.25) is 0 Å². The number of rotatable bonds is 3. The number of amides is 1. The zero-order valence-corrected chi connectivity index (χ0v) is 16.5. The first-order valence-corrected chi connectivity index (χ1v) is 10.8. The molecular weight excluding hydrogens is 393 g/mol. The summed E-state index contributed by atoms with van der Waals surface area (Å²) in [5, 5.41) is 3.49. The Balaban J connectivity index is 1.42. The third-order valence-electron chi connectivity index (χ3n) is 4.92. The summed E-state index contributed by atoms with van der Waals surface area (Å²) in [5.74, 6) is -0.348. The summed E-state index contributed by atoms with van der Waals surface area (Å²) in [6.45, 7) is 0.711. The number of halogens is 1. The van der Waals surface area contributed by atoms with Crippen LogP contribution in [0.1, 0.15) is 34.4 Å². The van der Waals surface area contributed by atoms with E-state index in [2.05, 4.69) is 11.1 Å². The lowest BCUT2D eigenvalue weighted by atomic mass is 10.2. The lowest BCUT2D eigenvalue weighted by molar-refractivity contribution is 0.0730. The average Bonchev–Trinajstić information content (AvgIpc) is 3.46. The maximum atomic E-state index is 13.1. The summed E-state index contributed by atoms with van der Waals surface area (Å²) in [6.07, 6.45) is 1.88. The van der Waals surface area contributed by atoms with Crippen molar-refractivity contribution >= 4 is 38.8 Å². The van der Waals surface area contributed by atoms with Crippen molar-refractivity contribution in [2.45, 2.75) is 18.9 Å². The molecule has 0 radical (unpaired) electrons. The molecule has 1 aliphatic rings. The Labute approximate surface area is 169 Å². The molecule has 1 aliphatic heterocycles. The van der Waals surface area contributed by atoms with Gasteiger partial charge in [-0.25, -0.2) is 14.4 Å². The fraction of sp³-hybridized carbons (Fsp3) is 0.190. The fourth-order valence-electron chi connectivity index (χ4n) is 3.54. The minimum atomic E-state index is -0.285. The zero-order valence-electron chi connectivity index (χ0n) is 14.8. The van der Waals surface area contributed by atoms with E-state index < -0.39 is 0 Å². The molecule has 3 heterocycles. The molecule has 4 aromatic rings. The van der Waals surface area contributed by atoms with Crippen LogP contribution in [0.5, 0.6) is 0 Å². The minimum absolute atomic E-state index is 0.000807. The van der Waals surface area contributed by atoms with Crippen LogP contribution in [0.4, 0.5) is 4.39 Å². The molecule has 4 nitrogen and oxygen atoms in total. The normalized spacial score (nSPS) is 16.8. The van der Waals surface area contributed by atoms with Crippen molar-refractivity contribution in [3.05, 3.63) is 70.4 Å². The van der Waals surface area contributed by atoms with E-state index in [1.165, 1.54) is 23.5 Å². The van der Waals surface area contributed by atoms with E-state index in [9.17, 15) is 9.18 Å². The van der Waals surface area contributed by atoms with Gasteiger partial charge in [-0.05, 0) is 49.2 Å². The highest BCUT2D eigenvalue weighted by Crippen LogP contribution is 2.37. The second-order valence-electron chi connectivity index (χ2n) is 6.72. The van der Waals surface area contributed by atoms with E-state index in [1.54, 1.807) is 28.8 Å². The van der Waals surface area contributed by atoms with Crippen LogP contribution in [0.2, 0.25) is 0 Å². The molecule has 1 fully saturated rings. The number of para-hydroxylation sites is 1. The number of likely N-dealkylation sites (tertiary alicyclic amines) is 1. The minimum Gasteiger partial charge on any atom is -0.328 e. The van der Waals surface area contributed by atoms with Crippen LogP contribution >= 0.6 is 22.7 Å². The molecule has 1 amide bonds. The third kappa shape index (κ3) is 3.10. The van der Waals surface area contributed by atoms with Gasteiger partial charge in [-0.2, -0.15) is 0 Å². The SMILES string of the molecule is O=C(c1csc(-c2ccc(F)cc2)n1)N1CCCC1c1nc2ccccc2s1. The van der Waals surface area contributed by atoms with Crippen molar-refractivity contribution in [2.24, 2.45) is 0 Å². The first-order valence-electron chi connectivity index (χ1n) is 9.07. The van der Waals surface area contributed by atoms with Gasteiger partial charge >= 0.3 is 0 Å². The van der Waals surface area contributed by atoms with Crippen molar-refractivity contribution in [3.8, 4) is 10.6 Å². The first-order chi connectivity index (χ1) is 13.7. The highest BCUT2D eigenvalue weighted by molar-refractivity contribution is 7.18. The second-order valence-corrected chi connectivity index (χ2v) is 8.64. The van der Waals surface area contributed by atoms with Crippen LogP contribution < -0.4 is 0 Å². The van der Waals surface area contributed by atoms with E-state index >= 15 is 0 Å². The number of benzene rings is 2. The maximum Gasteiger partial charge on any atom is 0.273 e. The molecule has 1 unspecified atom stereocenters. The number of carbonyl (C=O) groups is 1. The number of fused-ring (bicyclic) bond motifs is 1. The summed E-state index contributed by atoms with van der Waals surface area (Å²) in [4.78, 5) is 24.3. The Bertz CT molecular complexity index is 1120. The number of carbonyl (C=O) groups excluding carboxylic acids is 1. The molecule has 140 valence electrons. The molecule has 5 rings (SSSR count). The van der Waals surface area contributed by atoms with Crippen LogP contribution in [0.3, 0.4) is 0 Å². The molecule has 2 aromatic heterocycles. The van der Waals surface area contributed by atoms with Gasteiger partial charge < -0.3 is 4.90 Å². The van der Waals surface area contributed by atoms with Gasteiger partial charge in [0.25, 0.3) is 5.91 Å². The zero-order chi connectivity index (χ0) is 19.1. The molecule has 28 heavy (non-hydrogen) atoms. The smallest absolute Gasteiger partial charge is 0.273 e. The quantitative estimate of drug-likeness (QED) is 0.447. The summed E-state index contributed by atoms with van der Waals surface area (Å²) in [7, 11) is 0. The number of aromatic nitrogens is 2. The van der Waals surface area contributed by atoms with Crippen LogP contribution in [0.25, 0.3) is 20.8 Å². The fourth-order valence-corrected chi connectivity index (χ4v) is 5.46. The number of nitrogens with zero attached hydrogens (tertiary/aromatic N) is 3. The van der Waals surface area contributed by atoms with Crippen LogP contribution in [0, 0.1) is 5.82 Å². The van der Waals surface area contributed by atoms with Crippen molar-refractivity contribution < 1.29 is 9.18 Å². The predicted molar refractivity (Wildman–Crippen MR) is 110 cm³/mol. The van der Waals surface area contributed by atoms with Gasteiger partial charge in [0.1, 0.15) is 21.5 Å². The lowest BCUT2D eigenvalue weighted by Crippen LogP contribution is -2.30. The Kier molecular flexibility index (Phi) is 4.41. The van der Waals surface area contributed by atoms with E-state index in [1.807, 2.05) is 23.1 Å². The van der Waals surface area contributed by atoms with Gasteiger partial charge in [0.05, 0.1) is 16.3 Å². The highest BCUT2D eigenvalue weighted by Gasteiger charge is 2.33. The third-order valence-corrected chi connectivity index (χ3v) is 6.95. The maximum absolute atomic E-state index is 13.1. The highest BCUT2D eigenvalue weighted by atomic mass is 32.1. The second kappa shape index (κ2) is 7.07. The van der Waals surface area contributed by atoms with Crippen molar-refractivity contribution in [3.63, 3.8) is 0 Å². The van der Waals surface area contributed by atoms with Gasteiger partial charge in [0, 0.05) is 17.5 Å². The van der Waals surface area contributed by atoms with E-state index in [4.69, 9.17) is 4.98 Å². The van der Waals surface area contributed by atoms with E-state index in [0.29, 0.717) is 12.2 Å². The molecule has 2 aromatic carbocycles. The first kappa shape index (κ1) is 17.5. The monoisotopic (exact) mass is 409 g/mol. The number of thiazole rings is 2. The largest absolute Gasteiger partial charge is 0.328 e. The molecule has 1 atom stereocenters. The van der Waals surface area contributed by atoms with E-state index in [0.717, 1.165) is 38.6 Å². The van der Waals surface area contributed by atoms with Crippen molar-refractivity contribution in [1.82, 2.24) is 14.9 Å². The lowest BCUT2D eigenvalue weighted by Gasteiger charge is -2.22. The van der Waals surface area contributed by atoms with Crippen molar-refractivity contribution in [2.75, 3.05) is 6.54 Å². The Morgan fingerprint density at radius 2 is 1.93 bits per heavy atom. The Hall–Kier alpha value is -2.64. The summed E-state index contributed by atoms with van der Waals surface area (Å²) in [6, 6.07) is 14.2. The van der Waals surface area contributed by atoms with Gasteiger partial charge in [-0.15, -0.1) is 22.7 Å². The molecule has 0 aliphatic carbocycles. The van der Waals surface area contributed by atoms with Crippen LogP contribution in [0.15, 0.2) is 53.9 Å². The Morgan fingerprint density at radius 1 is 1.11 bits per heavy atom. The standard InChI is InChI=1S/C21H16FN3OS2/c22-14-9-7-13(8-10-14)19-24-16(12-27-19)21(26)25-11-3-5-17(25)20-23-15-4-1-2-6-18(15)28-20/h1-2,4,6-10,12,17H,3,5,11H2. The molecule has 0 N–H and O–H groups in total. The molecular formula is C21H16FN3OS2. The number of hydrogen-bond acceptors (Lipinski definition) is 5. The summed E-state index contributed by atoms with van der Waals surface area (Å²) < 4.78 is 14.3. The topological polar surface area (TPSA) is 46.1 Å². The Morgan fingerprint density at radius 3 is 2.75 bits per heavy atom. The number of hydrogen-bond donors (Lipinski definition) is 0. The predicted octanol–water partition coefficient (Wildman–Crippen LogP) is 5.54. The molecule has 0 saturated carbocycles. The molecule has 7 heteroatoms. The van der Waals surface area contributed by atoms with Gasteiger partial charge in [0.15, 0.2) is 0 Å². The summed E-state index contributed by atoms with van der Waals surface area (Å²) >= 11 is 3.06. The van der Waals surface area contributed by atoms with Gasteiger partial charge in [-0.3, -0.25) is 4.79 Å². The average molecular weight is 410 g/mol. The van der Waals surface area contributed by atoms with Crippen LogP contribution in [-0.4, -0.2) is 27.3 Å². The van der Waals surface area contributed by atoms with E-state index in [-0.39, 0.29) is 17.8 Å². The van der Waals surface area contributed by atoms with Crippen molar-refractivity contribution in [1.29, 1.82) is 0 Å². The summed E-state index contributed by atoms with van der Waals surface area (Å²) in [5.41, 5.74) is 2.24. The molecule has 0 bridgehead atoms. The molecule has 1 saturated heterocycles.